The van der Waals surface area contributed by atoms with Gasteiger partial charge in [0.15, 0.2) is 0 Å². The highest BCUT2D eigenvalue weighted by Crippen LogP contribution is 2.36. The topological polar surface area (TPSA) is 97.9 Å². The minimum absolute atomic E-state index is 0.285. The number of aromatic nitrogens is 4. The fraction of sp³-hybridized carbons (Fsp3) is 0.227. The SMILES string of the molecule is Cc1c(C(=O)O)cccc1-c1nc(CCN(C)C)[nH]c1-c1ccnc2[nH]ccc12. The third-order valence-electron chi connectivity index (χ3n) is 5.10. The number of carbonyl (C=O) groups is 1. The Hall–Kier alpha value is -3.45. The number of aromatic amines is 2. The van der Waals surface area contributed by atoms with Crippen molar-refractivity contribution in [3.8, 4) is 22.5 Å². The normalized spacial score (nSPS) is 11.4. The molecule has 7 nitrogen and oxygen atoms in total. The third-order valence-corrected chi connectivity index (χ3v) is 5.10. The molecule has 0 aliphatic heterocycles. The molecule has 3 aromatic heterocycles. The van der Waals surface area contributed by atoms with Crippen LogP contribution in [0.2, 0.25) is 0 Å². The van der Waals surface area contributed by atoms with Gasteiger partial charge in [-0.3, -0.25) is 0 Å². The average Bonchev–Trinajstić information content (AvgIpc) is 3.33. The number of carboxylic acid groups (broad SMARTS) is 1. The smallest absolute Gasteiger partial charge is 0.335 e. The number of likely N-dealkylation sites (N-methyl/N-ethyl adjacent to an activating group) is 1. The van der Waals surface area contributed by atoms with E-state index in [2.05, 4.69) is 19.9 Å². The van der Waals surface area contributed by atoms with Gasteiger partial charge >= 0.3 is 5.97 Å². The highest BCUT2D eigenvalue weighted by atomic mass is 16.4. The largest absolute Gasteiger partial charge is 0.478 e. The predicted octanol–water partition coefficient (Wildman–Crippen LogP) is 3.73. The highest BCUT2D eigenvalue weighted by molar-refractivity contribution is 5.97. The van der Waals surface area contributed by atoms with Crippen molar-refractivity contribution in [1.29, 1.82) is 0 Å². The number of benzene rings is 1. The zero-order valence-corrected chi connectivity index (χ0v) is 16.7. The summed E-state index contributed by atoms with van der Waals surface area (Å²) in [6.07, 6.45) is 4.39. The molecule has 0 unspecified atom stereocenters. The average molecular weight is 389 g/mol. The van der Waals surface area contributed by atoms with Crippen molar-refractivity contribution in [3.63, 3.8) is 0 Å². The number of rotatable bonds is 6. The molecule has 0 amide bonds. The van der Waals surface area contributed by atoms with Crippen LogP contribution in [-0.2, 0) is 6.42 Å². The second kappa shape index (κ2) is 7.52. The summed E-state index contributed by atoms with van der Waals surface area (Å²) in [5, 5.41) is 10.5. The van der Waals surface area contributed by atoms with Crippen LogP contribution in [0, 0.1) is 6.92 Å². The Labute approximate surface area is 168 Å². The Morgan fingerprint density at radius 2 is 2.00 bits per heavy atom. The molecule has 0 aliphatic carbocycles. The first-order chi connectivity index (χ1) is 14.0. The van der Waals surface area contributed by atoms with E-state index < -0.39 is 5.97 Å². The molecule has 0 saturated carbocycles. The summed E-state index contributed by atoms with van der Waals surface area (Å²) >= 11 is 0. The van der Waals surface area contributed by atoms with Gasteiger partial charge in [-0.2, -0.15) is 0 Å². The van der Waals surface area contributed by atoms with Gasteiger partial charge in [0.2, 0.25) is 0 Å². The molecule has 0 saturated heterocycles. The monoisotopic (exact) mass is 389 g/mol. The summed E-state index contributed by atoms with van der Waals surface area (Å²) < 4.78 is 0. The predicted molar refractivity (Wildman–Crippen MR) is 113 cm³/mol. The van der Waals surface area contributed by atoms with E-state index in [-0.39, 0.29) is 5.56 Å². The van der Waals surface area contributed by atoms with E-state index in [0.717, 1.165) is 52.3 Å². The van der Waals surface area contributed by atoms with E-state index in [0.29, 0.717) is 5.56 Å². The number of imidazole rings is 1. The Morgan fingerprint density at radius 1 is 1.17 bits per heavy atom. The van der Waals surface area contributed by atoms with Gasteiger partial charge in [0.25, 0.3) is 0 Å². The van der Waals surface area contributed by atoms with Crippen LogP contribution in [0.1, 0.15) is 21.7 Å². The molecular formula is C22H23N5O2. The van der Waals surface area contributed by atoms with E-state index in [1.807, 2.05) is 45.4 Å². The lowest BCUT2D eigenvalue weighted by molar-refractivity contribution is 0.0696. The second-order valence-electron chi connectivity index (χ2n) is 7.34. The summed E-state index contributed by atoms with van der Waals surface area (Å²) in [5.74, 6) is -0.0736. The fourth-order valence-electron chi connectivity index (χ4n) is 3.56. The Morgan fingerprint density at radius 3 is 2.76 bits per heavy atom. The standard InChI is InChI=1S/C22H23N5O2/c1-13-14(5-4-6-15(13)22(28)29)19-20(26-18(25-19)9-12-27(2)3)16-7-10-23-21-17(16)8-11-24-21/h4-8,10-11H,9,12H2,1-3H3,(H,23,24)(H,25,26)(H,28,29). The minimum atomic E-state index is -0.939. The molecule has 0 atom stereocenters. The van der Waals surface area contributed by atoms with Gasteiger partial charge in [0.05, 0.1) is 17.0 Å². The maximum Gasteiger partial charge on any atom is 0.335 e. The van der Waals surface area contributed by atoms with Gasteiger partial charge < -0.3 is 20.0 Å². The summed E-state index contributed by atoms with van der Waals surface area (Å²) in [5.41, 5.74) is 5.21. The molecule has 1 aromatic carbocycles. The lowest BCUT2D eigenvalue weighted by Crippen LogP contribution is -2.15. The van der Waals surface area contributed by atoms with E-state index in [1.54, 1.807) is 18.3 Å². The number of pyridine rings is 1. The minimum Gasteiger partial charge on any atom is -0.478 e. The maximum atomic E-state index is 11.6. The quantitative estimate of drug-likeness (QED) is 0.467. The molecule has 3 N–H and O–H groups in total. The molecule has 29 heavy (non-hydrogen) atoms. The number of nitrogens with one attached hydrogen (secondary N) is 2. The molecule has 4 rings (SSSR count). The van der Waals surface area contributed by atoms with Crippen molar-refractivity contribution < 1.29 is 9.90 Å². The van der Waals surface area contributed by atoms with Crippen LogP contribution < -0.4 is 0 Å². The van der Waals surface area contributed by atoms with Gasteiger partial charge in [0.1, 0.15) is 11.5 Å². The summed E-state index contributed by atoms with van der Waals surface area (Å²) in [4.78, 5) is 29.6. The number of aromatic carboxylic acids is 1. The molecule has 0 fully saturated rings. The number of hydrogen-bond acceptors (Lipinski definition) is 4. The van der Waals surface area contributed by atoms with Crippen LogP contribution in [-0.4, -0.2) is 56.6 Å². The first kappa shape index (κ1) is 18.9. The molecule has 3 heterocycles. The molecular weight excluding hydrogens is 366 g/mol. The van der Waals surface area contributed by atoms with Crippen molar-refractivity contribution in [1.82, 2.24) is 24.8 Å². The Bertz CT molecular complexity index is 1190. The number of H-pyrrole nitrogens is 2. The lowest BCUT2D eigenvalue weighted by atomic mass is 9.97. The fourth-order valence-corrected chi connectivity index (χ4v) is 3.56. The van der Waals surface area contributed by atoms with Crippen molar-refractivity contribution in [2.24, 2.45) is 0 Å². The van der Waals surface area contributed by atoms with Crippen molar-refractivity contribution in [2.45, 2.75) is 13.3 Å². The Balaban J connectivity index is 1.93. The molecule has 7 heteroatoms. The van der Waals surface area contributed by atoms with Crippen LogP contribution >= 0.6 is 0 Å². The number of carboxylic acids is 1. The van der Waals surface area contributed by atoms with Crippen LogP contribution in [0.15, 0.2) is 42.7 Å². The summed E-state index contributed by atoms with van der Waals surface area (Å²) in [6.45, 7) is 2.69. The first-order valence-electron chi connectivity index (χ1n) is 9.45. The first-order valence-corrected chi connectivity index (χ1v) is 9.45. The highest BCUT2D eigenvalue weighted by Gasteiger charge is 2.20. The van der Waals surface area contributed by atoms with Gasteiger partial charge in [-0.25, -0.2) is 14.8 Å². The maximum absolute atomic E-state index is 11.6. The van der Waals surface area contributed by atoms with Gasteiger partial charge in [-0.1, -0.05) is 12.1 Å². The van der Waals surface area contributed by atoms with Crippen molar-refractivity contribution in [3.05, 3.63) is 59.7 Å². The lowest BCUT2D eigenvalue weighted by Gasteiger charge is -2.09. The van der Waals surface area contributed by atoms with Crippen LogP contribution in [0.25, 0.3) is 33.5 Å². The van der Waals surface area contributed by atoms with E-state index in [1.165, 1.54) is 0 Å². The summed E-state index contributed by atoms with van der Waals surface area (Å²) in [7, 11) is 4.05. The second-order valence-corrected chi connectivity index (χ2v) is 7.34. The van der Waals surface area contributed by atoms with Crippen molar-refractivity contribution >= 4 is 17.0 Å². The van der Waals surface area contributed by atoms with E-state index in [9.17, 15) is 9.90 Å². The molecule has 0 spiro atoms. The number of nitrogens with zero attached hydrogens (tertiary/aromatic N) is 3. The van der Waals surface area contributed by atoms with Crippen LogP contribution in [0.5, 0.6) is 0 Å². The molecule has 148 valence electrons. The van der Waals surface area contributed by atoms with Gasteiger partial charge in [0, 0.05) is 41.9 Å². The zero-order chi connectivity index (χ0) is 20.5. The van der Waals surface area contributed by atoms with E-state index >= 15 is 0 Å². The molecule has 0 radical (unpaired) electrons. The Kier molecular flexibility index (Phi) is 4.90. The summed E-state index contributed by atoms with van der Waals surface area (Å²) in [6, 6.07) is 9.26. The number of hydrogen-bond donors (Lipinski definition) is 3. The number of fused-ring (bicyclic) bond motifs is 1. The molecule has 0 bridgehead atoms. The van der Waals surface area contributed by atoms with Crippen LogP contribution in [0.4, 0.5) is 0 Å². The third kappa shape index (κ3) is 3.52. The van der Waals surface area contributed by atoms with E-state index in [4.69, 9.17) is 4.98 Å². The van der Waals surface area contributed by atoms with Crippen LogP contribution in [0.3, 0.4) is 0 Å². The molecule has 4 aromatic rings. The van der Waals surface area contributed by atoms with Crippen molar-refractivity contribution in [2.75, 3.05) is 20.6 Å². The van der Waals surface area contributed by atoms with Gasteiger partial charge in [-0.15, -0.1) is 0 Å². The molecule has 0 aliphatic rings. The van der Waals surface area contributed by atoms with Gasteiger partial charge in [-0.05, 0) is 44.8 Å². The zero-order valence-electron chi connectivity index (χ0n) is 16.7.